The van der Waals surface area contributed by atoms with Crippen molar-refractivity contribution in [2.75, 3.05) is 0 Å². The number of amides is 1. The summed E-state index contributed by atoms with van der Waals surface area (Å²) in [5, 5.41) is 4.99. The maximum absolute atomic E-state index is 13.2. The number of halogens is 2. The molecule has 1 heterocycles. The van der Waals surface area contributed by atoms with E-state index in [0.29, 0.717) is 0 Å². The standard InChI is InChI=1S/C21H19F2NOS/c1-14(15-4-8-17(22)9-5-15)13-20(25)24-21(19-3-2-12-26-19)16-6-10-18(23)11-7-16/h2-12,14,21H,13H2,1H3,(H,24,25). The van der Waals surface area contributed by atoms with E-state index in [1.165, 1.54) is 35.6 Å². The Morgan fingerprint density at radius 3 is 2.08 bits per heavy atom. The molecule has 134 valence electrons. The molecule has 3 aromatic rings. The van der Waals surface area contributed by atoms with Gasteiger partial charge in [-0.2, -0.15) is 0 Å². The lowest BCUT2D eigenvalue weighted by Gasteiger charge is -2.20. The maximum Gasteiger partial charge on any atom is 0.221 e. The van der Waals surface area contributed by atoms with Gasteiger partial charge >= 0.3 is 0 Å². The van der Waals surface area contributed by atoms with Crippen molar-refractivity contribution in [3.63, 3.8) is 0 Å². The van der Waals surface area contributed by atoms with Crippen LogP contribution >= 0.6 is 11.3 Å². The highest BCUT2D eigenvalue weighted by molar-refractivity contribution is 7.10. The quantitative estimate of drug-likeness (QED) is 0.615. The Hall–Kier alpha value is -2.53. The van der Waals surface area contributed by atoms with Gasteiger partial charge in [-0.25, -0.2) is 8.78 Å². The zero-order valence-corrected chi connectivity index (χ0v) is 15.1. The molecule has 2 aromatic carbocycles. The summed E-state index contributed by atoms with van der Waals surface area (Å²) in [5.74, 6) is -0.744. The average molecular weight is 371 g/mol. The number of benzene rings is 2. The second-order valence-corrected chi connectivity index (χ2v) is 7.20. The van der Waals surface area contributed by atoms with Gasteiger partial charge in [0.1, 0.15) is 11.6 Å². The number of rotatable bonds is 6. The van der Waals surface area contributed by atoms with Crippen LogP contribution in [-0.4, -0.2) is 5.91 Å². The van der Waals surface area contributed by atoms with E-state index in [1.807, 2.05) is 24.4 Å². The molecule has 2 atom stereocenters. The van der Waals surface area contributed by atoms with Gasteiger partial charge in [0.15, 0.2) is 0 Å². The van der Waals surface area contributed by atoms with Crippen molar-refractivity contribution < 1.29 is 13.6 Å². The van der Waals surface area contributed by atoms with Crippen molar-refractivity contribution >= 4 is 17.2 Å². The summed E-state index contributed by atoms with van der Waals surface area (Å²) >= 11 is 1.54. The molecule has 1 aromatic heterocycles. The summed E-state index contributed by atoms with van der Waals surface area (Å²) in [6.07, 6.45) is 0.286. The summed E-state index contributed by atoms with van der Waals surface area (Å²) in [4.78, 5) is 13.6. The molecule has 0 radical (unpaired) electrons. The summed E-state index contributed by atoms with van der Waals surface area (Å²) < 4.78 is 26.3. The highest BCUT2D eigenvalue weighted by atomic mass is 32.1. The zero-order valence-electron chi connectivity index (χ0n) is 14.3. The minimum Gasteiger partial charge on any atom is -0.344 e. The van der Waals surface area contributed by atoms with Gasteiger partial charge in [0.05, 0.1) is 6.04 Å². The summed E-state index contributed by atoms with van der Waals surface area (Å²) in [5.41, 5.74) is 1.74. The molecule has 2 unspecified atom stereocenters. The smallest absolute Gasteiger partial charge is 0.221 e. The molecule has 0 aliphatic rings. The Kier molecular flexibility index (Phi) is 5.78. The zero-order chi connectivity index (χ0) is 18.5. The van der Waals surface area contributed by atoms with Gasteiger partial charge < -0.3 is 5.32 Å². The largest absolute Gasteiger partial charge is 0.344 e. The minimum absolute atomic E-state index is 0.0344. The Bertz CT molecular complexity index is 845. The van der Waals surface area contributed by atoms with E-state index in [-0.39, 0.29) is 35.9 Å². The van der Waals surface area contributed by atoms with Crippen LogP contribution in [0.15, 0.2) is 66.0 Å². The van der Waals surface area contributed by atoms with E-state index < -0.39 is 0 Å². The molecule has 1 N–H and O–H groups in total. The van der Waals surface area contributed by atoms with Crippen molar-refractivity contribution in [1.82, 2.24) is 5.32 Å². The van der Waals surface area contributed by atoms with E-state index in [1.54, 1.807) is 24.3 Å². The molecular weight excluding hydrogens is 352 g/mol. The third-order valence-corrected chi connectivity index (χ3v) is 5.20. The fourth-order valence-electron chi connectivity index (χ4n) is 2.84. The van der Waals surface area contributed by atoms with Crippen LogP contribution in [-0.2, 0) is 4.79 Å². The SMILES string of the molecule is CC(CC(=O)NC(c1ccc(F)cc1)c1cccs1)c1ccc(F)cc1. The van der Waals surface area contributed by atoms with Gasteiger partial charge in [0.2, 0.25) is 5.91 Å². The molecule has 3 rings (SSSR count). The predicted molar refractivity (Wildman–Crippen MR) is 100 cm³/mol. The van der Waals surface area contributed by atoms with Gasteiger partial charge in [-0.15, -0.1) is 11.3 Å². The van der Waals surface area contributed by atoms with Crippen LogP contribution in [0.4, 0.5) is 8.78 Å². The first-order valence-electron chi connectivity index (χ1n) is 8.36. The molecular formula is C21H19F2NOS. The Labute approximate surface area is 155 Å². The van der Waals surface area contributed by atoms with Gasteiger partial charge in [-0.05, 0) is 52.8 Å². The van der Waals surface area contributed by atoms with E-state index in [4.69, 9.17) is 0 Å². The monoisotopic (exact) mass is 371 g/mol. The molecule has 5 heteroatoms. The fraction of sp³-hybridized carbons (Fsp3) is 0.190. The molecule has 0 bridgehead atoms. The molecule has 26 heavy (non-hydrogen) atoms. The van der Waals surface area contributed by atoms with Crippen molar-refractivity contribution in [3.8, 4) is 0 Å². The average Bonchev–Trinajstić information content (AvgIpc) is 3.15. The van der Waals surface area contributed by atoms with Crippen LogP contribution in [0.1, 0.15) is 41.3 Å². The third-order valence-electron chi connectivity index (χ3n) is 4.27. The lowest BCUT2D eigenvalue weighted by Crippen LogP contribution is -2.29. The van der Waals surface area contributed by atoms with Crippen LogP contribution in [0, 0.1) is 11.6 Å². The van der Waals surface area contributed by atoms with Gasteiger partial charge in [0.25, 0.3) is 0 Å². The van der Waals surface area contributed by atoms with Crippen molar-refractivity contribution in [1.29, 1.82) is 0 Å². The third kappa shape index (κ3) is 4.55. The highest BCUT2D eigenvalue weighted by Gasteiger charge is 2.20. The first kappa shape index (κ1) is 18.3. The van der Waals surface area contributed by atoms with Crippen LogP contribution in [0.2, 0.25) is 0 Å². The number of hydrogen-bond donors (Lipinski definition) is 1. The lowest BCUT2D eigenvalue weighted by atomic mass is 9.97. The minimum atomic E-state index is -0.316. The summed E-state index contributed by atoms with van der Waals surface area (Å²) in [6, 6.07) is 15.9. The summed E-state index contributed by atoms with van der Waals surface area (Å²) in [7, 11) is 0. The normalized spacial score (nSPS) is 13.2. The number of nitrogens with one attached hydrogen (secondary N) is 1. The topological polar surface area (TPSA) is 29.1 Å². The molecule has 0 saturated carbocycles. The number of carbonyl (C=O) groups excluding carboxylic acids is 1. The molecule has 0 aliphatic heterocycles. The fourth-order valence-corrected chi connectivity index (χ4v) is 3.64. The predicted octanol–water partition coefficient (Wildman–Crippen LogP) is 5.43. The Morgan fingerprint density at radius 1 is 0.962 bits per heavy atom. The van der Waals surface area contributed by atoms with Crippen molar-refractivity contribution in [2.45, 2.75) is 25.3 Å². The van der Waals surface area contributed by atoms with Crippen LogP contribution < -0.4 is 5.32 Å². The molecule has 0 saturated heterocycles. The maximum atomic E-state index is 13.2. The highest BCUT2D eigenvalue weighted by Crippen LogP contribution is 2.27. The van der Waals surface area contributed by atoms with Gasteiger partial charge in [0, 0.05) is 11.3 Å². The number of carbonyl (C=O) groups is 1. The van der Waals surface area contributed by atoms with E-state index in [2.05, 4.69) is 5.32 Å². The van der Waals surface area contributed by atoms with E-state index in [0.717, 1.165) is 16.0 Å². The second kappa shape index (κ2) is 8.23. The molecule has 0 fully saturated rings. The van der Waals surface area contributed by atoms with Crippen LogP contribution in [0.3, 0.4) is 0 Å². The first-order valence-corrected chi connectivity index (χ1v) is 9.24. The number of hydrogen-bond acceptors (Lipinski definition) is 2. The van der Waals surface area contributed by atoms with Gasteiger partial charge in [-0.3, -0.25) is 4.79 Å². The Morgan fingerprint density at radius 2 is 1.54 bits per heavy atom. The van der Waals surface area contributed by atoms with Crippen LogP contribution in [0.25, 0.3) is 0 Å². The van der Waals surface area contributed by atoms with E-state index >= 15 is 0 Å². The Balaban J connectivity index is 1.73. The lowest BCUT2D eigenvalue weighted by molar-refractivity contribution is -0.121. The van der Waals surface area contributed by atoms with E-state index in [9.17, 15) is 13.6 Å². The molecule has 2 nitrogen and oxygen atoms in total. The molecule has 1 amide bonds. The van der Waals surface area contributed by atoms with Crippen molar-refractivity contribution in [3.05, 3.63) is 93.7 Å². The van der Waals surface area contributed by atoms with Gasteiger partial charge in [-0.1, -0.05) is 37.3 Å². The molecule has 0 aliphatic carbocycles. The second-order valence-electron chi connectivity index (χ2n) is 6.22. The summed E-state index contributed by atoms with van der Waals surface area (Å²) in [6.45, 7) is 1.94. The van der Waals surface area contributed by atoms with Crippen LogP contribution in [0.5, 0.6) is 0 Å². The first-order chi connectivity index (χ1) is 12.5. The number of thiophene rings is 1. The van der Waals surface area contributed by atoms with Crippen molar-refractivity contribution in [2.24, 2.45) is 0 Å². The molecule has 0 spiro atoms.